The number of benzene rings is 3. The first-order valence-corrected chi connectivity index (χ1v) is 14.2. The summed E-state index contributed by atoms with van der Waals surface area (Å²) < 4.78 is 42.5. The van der Waals surface area contributed by atoms with Gasteiger partial charge in [0.25, 0.3) is 15.9 Å². The van der Waals surface area contributed by atoms with Crippen molar-refractivity contribution in [2.45, 2.75) is 44.7 Å². The molecule has 3 aromatic carbocycles. The number of rotatable bonds is 7. The highest BCUT2D eigenvalue weighted by molar-refractivity contribution is 7.92. The minimum atomic E-state index is -3.88. The largest absolute Gasteiger partial charge is 0.367 e. The zero-order chi connectivity index (χ0) is 27.5. The number of carbonyl (C=O) groups excluding carboxylic acids is 1. The van der Waals surface area contributed by atoms with E-state index in [-0.39, 0.29) is 28.7 Å². The lowest BCUT2D eigenvalue weighted by atomic mass is 10.0. The molecule has 1 heterocycles. The summed E-state index contributed by atoms with van der Waals surface area (Å²) in [5.41, 5.74) is 3.17. The number of nitrogens with zero attached hydrogens (tertiary/aromatic N) is 2. The Kier molecular flexibility index (Phi) is 8.08. The van der Waals surface area contributed by atoms with Crippen LogP contribution in [0.2, 0.25) is 0 Å². The zero-order valence-electron chi connectivity index (χ0n) is 22.3. The molecule has 1 amide bonds. The normalized spacial score (nSPS) is 14.8. The van der Waals surface area contributed by atoms with Crippen molar-refractivity contribution in [2.24, 2.45) is 0 Å². The van der Waals surface area contributed by atoms with Crippen molar-refractivity contribution in [1.29, 1.82) is 0 Å². The Balaban J connectivity index is 1.60. The topological polar surface area (TPSA) is 81.7 Å². The summed E-state index contributed by atoms with van der Waals surface area (Å²) in [5, 5.41) is 2.83. The number of carbonyl (C=O) groups is 1. The number of nitrogens with one attached hydrogen (secondary N) is 2. The highest BCUT2D eigenvalue weighted by atomic mass is 32.2. The molecule has 1 fully saturated rings. The highest BCUT2D eigenvalue weighted by Gasteiger charge is 2.28. The van der Waals surface area contributed by atoms with Crippen molar-refractivity contribution in [1.82, 2.24) is 10.2 Å². The van der Waals surface area contributed by atoms with E-state index < -0.39 is 10.0 Å². The van der Waals surface area contributed by atoms with Gasteiger partial charge in [-0.3, -0.25) is 14.4 Å². The van der Waals surface area contributed by atoms with Crippen LogP contribution in [0.5, 0.6) is 0 Å². The van der Waals surface area contributed by atoms with Gasteiger partial charge in [-0.1, -0.05) is 29.8 Å². The minimum Gasteiger partial charge on any atom is -0.367 e. The molecule has 0 bridgehead atoms. The van der Waals surface area contributed by atoms with Gasteiger partial charge in [-0.25, -0.2) is 12.8 Å². The maximum atomic E-state index is 13.3. The molecule has 0 saturated carbocycles. The zero-order valence-corrected chi connectivity index (χ0v) is 23.1. The Morgan fingerprint density at radius 2 is 1.55 bits per heavy atom. The molecule has 7 nitrogen and oxygen atoms in total. The summed E-state index contributed by atoms with van der Waals surface area (Å²) >= 11 is 0. The van der Waals surface area contributed by atoms with Gasteiger partial charge in [-0.05, 0) is 75.7 Å². The second-order valence-electron chi connectivity index (χ2n) is 10.6. The smallest absolute Gasteiger partial charge is 0.261 e. The lowest BCUT2D eigenvalue weighted by Crippen LogP contribution is -2.53. The van der Waals surface area contributed by atoms with Crippen LogP contribution in [0.3, 0.4) is 0 Å². The van der Waals surface area contributed by atoms with E-state index in [0.29, 0.717) is 11.3 Å². The molecule has 0 aromatic heterocycles. The first-order chi connectivity index (χ1) is 17.9. The molecular weight excluding hydrogens is 503 g/mol. The molecule has 2 N–H and O–H groups in total. The summed E-state index contributed by atoms with van der Waals surface area (Å²) in [7, 11) is -3.88. The standard InChI is InChI=1S/C29H35FN4O3S/c1-21-5-12-25(13-6-21)38(36,37)32-26-19-23(28(35)31-20-22-7-10-24(30)11-8-22)9-14-27(26)33-15-17-34(18-16-33)29(2,3)4/h5-14,19,32H,15-18,20H2,1-4H3,(H,31,35). The van der Waals surface area contributed by atoms with E-state index in [9.17, 15) is 17.6 Å². The molecule has 9 heteroatoms. The summed E-state index contributed by atoms with van der Waals surface area (Å²) in [6.45, 7) is 11.8. The summed E-state index contributed by atoms with van der Waals surface area (Å²) in [5.74, 6) is -0.696. The number of hydrogen-bond acceptors (Lipinski definition) is 5. The number of halogens is 1. The maximum Gasteiger partial charge on any atom is 0.261 e. The summed E-state index contributed by atoms with van der Waals surface area (Å²) in [6, 6.07) is 17.6. The van der Waals surface area contributed by atoms with E-state index in [2.05, 4.69) is 40.6 Å². The predicted molar refractivity (Wildman–Crippen MR) is 150 cm³/mol. The fourth-order valence-electron chi connectivity index (χ4n) is 4.46. The molecule has 1 saturated heterocycles. The Bertz CT molecular complexity index is 1380. The number of aryl methyl sites for hydroxylation is 1. The van der Waals surface area contributed by atoms with Crippen LogP contribution in [-0.4, -0.2) is 50.9 Å². The van der Waals surface area contributed by atoms with Crippen molar-refractivity contribution in [3.63, 3.8) is 0 Å². The van der Waals surface area contributed by atoms with Gasteiger partial charge < -0.3 is 10.2 Å². The second kappa shape index (κ2) is 11.1. The summed E-state index contributed by atoms with van der Waals surface area (Å²) in [6.07, 6.45) is 0. The van der Waals surface area contributed by atoms with Gasteiger partial charge in [0.1, 0.15) is 5.82 Å². The number of hydrogen-bond donors (Lipinski definition) is 2. The Labute approximate surface area is 224 Å². The first-order valence-electron chi connectivity index (χ1n) is 12.7. The average Bonchev–Trinajstić information content (AvgIpc) is 2.88. The lowest BCUT2D eigenvalue weighted by molar-refractivity contribution is 0.0951. The van der Waals surface area contributed by atoms with Gasteiger partial charge in [0.05, 0.1) is 16.3 Å². The molecule has 0 aliphatic carbocycles. The molecule has 0 spiro atoms. The highest BCUT2D eigenvalue weighted by Crippen LogP contribution is 2.31. The summed E-state index contributed by atoms with van der Waals surface area (Å²) in [4.78, 5) is 17.7. The van der Waals surface area contributed by atoms with Crippen LogP contribution in [0.4, 0.5) is 15.8 Å². The van der Waals surface area contributed by atoms with Crippen molar-refractivity contribution >= 4 is 27.3 Å². The van der Waals surface area contributed by atoms with E-state index in [4.69, 9.17) is 0 Å². The Morgan fingerprint density at radius 3 is 2.16 bits per heavy atom. The lowest BCUT2D eigenvalue weighted by Gasteiger charge is -2.43. The van der Waals surface area contributed by atoms with E-state index in [0.717, 1.165) is 43.0 Å². The Morgan fingerprint density at radius 1 is 0.921 bits per heavy atom. The molecule has 1 aliphatic rings. The number of sulfonamides is 1. The molecule has 202 valence electrons. The van der Waals surface area contributed by atoms with Gasteiger partial charge in [0, 0.05) is 43.8 Å². The third-order valence-corrected chi connectivity index (χ3v) is 8.15. The molecule has 38 heavy (non-hydrogen) atoms. The molecule has 4 rings (SSSR count). The molecule has 0 atom stereocenters. The molecule has 0 radical (unpaired) electrons. The molecular formula is C29H35FN4O3S. The van der Waals surface area contributed by atoms with Crippen molar-refractivity contribution in [3.8, 4) is 0 Å². The minimum absolute atomic E-state index is 0.0500. The SMILES string of the molecule is Cc1ccc(S(=O)(=O)Nc2cc(C(=O)NCc3ccc(F)cc3)ccc2N2CCN(C(C)(C)C)CC2)cc1. The van der Waals surface area contributed by atoms with Crippen LogP contribution >= 0.6 is 0 Å². The fraction of sp³-hybridized carbons (Fsp3) is 0.345. The first kappa shape index (κ1) is 27.6. The van der Waals surface area contributed by atoms with Gasteiger partial charge >= 0.3 is 0 Å². The number of amides is 1. The average molecular weight is 539 g/mol. The van der Waals surface area contributed by atoms with E-state index in [1.54, 1.807) is 54.6 Å². The van der Waals surface area contributed by atoms with Crippen molar-refractivity contribution in [3.05, 3.63) is 89.2 Å². The van der Waals surface area contributed by atoms with Gasteiger partial charge in [0.2, 0.25) is 0 Å². The van der Waals surface area contributed by atoms with Crippen LogP contribution < -0.4 is 14.9 Å². The monoisotopic (exact) mass is 538 g/mol. The Hall–Kier alpha value is -3.43. The molecule has 1 aliphatic heterocycles. The van der Waals surface area contributed by atoms with E-state index in [1.807, 2.05) is 6.92 Å². The second-order valence-corrected chi connectivity index (χ2v) is 12.3. The molecule has 0 unspecified atom stereocenters. The van der Waals surface area contributed by atoms with Crippen LogP contribution in [0, 0.1) is 12.7 Å². The number of piperazine rings is 1. The predicted octanol–water partition coefficient (Wildman–Crippen LogP) is 4.79. The van der Waals surface area contributed by atoms with Gasteiger partial charge in [0.15, 0.2) is 0 Å². The van der Waals surface area contributed by atoms with E-state index >= 15 is 0 Å². The third-order valence-electron chi connectivity index (χ3n) is 6.77. The van der Waals surface area contributed by atoms with Crippen LogP contribution in [0.25, 0.3) is 0 Å². The fourth-order valence-corrected chi connectivity index (χ4v) is 5.53. The molecule has 3 aromatic rings. The van der Waals surface area contributed by atoms with Crippen LogP contribution in [0.15, 0.2) is 71.6 Å². The van der Waals surface area contributed by atoms with Gasteiger partial charge in [-0.2, -0.15) is 0 Å². The maximum absolute atomic E-state index is 13.3. The quantitative estimate of drug-likeness (QED) is 0.452. The van der Waals surface area contributed by atoms with Crippen LogP contribution in [0.1, 0.15) is 42.3 Å². The number of anilines is 2. The van der Waals surface area contributed by atoms with Gasteiger partial charge in [-0.15, -0.1) is 0 Å². The van der Waals surface area contributed by atoms with E-state index in [1.165, 1.54) is 12.1 Å². The third kappa shape index (κ3) is 6.71. The van der Waals surface area contributed by atoms with Crippen molar-refractivity contribution < 1.29 is 17.6 Å². The van der Waals surface area contributed by atoms with Crippen molar-refractivity contribution in [2.75, 3.05) is 35.8 Å². The van der Waals surface area contributed by atoms with Crippen LogP contribution in [-0.2, 0) is 16.6 Å².